The minimum Gasteiger partial charge on any atom is -0.370 e. The van der Waals surface area contributed by atoms with Gasteiger partial charge < -0.3 is 16.2 Å². The van der Waals surface area contributed by atoms with Crippen LogP contribution in [0.15, 0.2) is 0 Å². The molecule has 1 aliphatic rings. The highest BCUT2D eigenvalue weighted by molar-refractivity contribution is 5.26. The summed E-state index contributed by atoms with van der Waals surface area (Å²) in [5.74, 6) is 0.859. The van der Waals surface area contributed by atoms with Crippen molar-refractivity contribution < 1.29 is 4.74 Å². The fourth-order valence-corrected chi connectivity index (χ4v) is 1.52. The highest BCUT2D eigenvalue weighted by Gasteiger charge is 2.19. The van der Waals surface area contributed by atoms with Crippen LogP contribution in [-0.2, 0) is 4.74 Å². The summed E-state index contributed by atoms with van der Waals surface area (Å²) in [4.78, 5) is 11.7. The molecular formula is C8H13N5O. The van der Waals surface area contributed by atoms with E-state index in [1.54, 1.807) is 0 Å². The maximum absolute atomic E-state index is 5.51. The molecule has 1 saturated heterocycles. The molecule has 14 heavy (non-hydrogen) atoms. The molecule has 2 rings (SSSR count). The molecular weight excluding hydrogens is 182 g/mol. The van der Waals surface area contributed by atoms with E-state index in [0.29, 0.717) is 5.82 Å². The molecule has 0 spiro atoms. The van der Waals surface area contributed by atoms with Crippen LogP contribution in [0, 0.1) is 0 Å². The minimum absolute atomic E-state index is 0.0728. The van der Waals surface area contributed by atoms with Crippen LogP contribution in [0.4, 0.5) is 11.9 Å². The molecule has 0 bridgehead atoms. The van der Waals surface area contributed by atoms with Gasteiger partial charge in [-0.25, -0.2) is 0 Å². The molecule has 1 aliphatic heterocycles. The van der Waals surface area contributed by atoms with Crippen molar-refractivity contribution in [1.29, 1.82) is 0 Å². The third-order valence-corrected chi connectivity index (χ3v) is 2.15. The van der Waals surface area contributed by atoms with Gasteiger partial charge >= 0.3 is 0 Å². The molecule has 0 saturated carbocycles. The molecule has 0 amide bonds. The zero-order chi connectivity index (χ0) is 9.97. The summed E-state index contributed by atoms with van der Waals surface area (Å²) in [6, 6.07) is 0. The molecule has 0 aromatic carbocycles. The summed E-state index contributed by atoms with van der Waals surface area (Å²) in [6.07, 6.45) is 3.06. The van der Waals surface area contributed by atoms with Gasteiger partial charge in [-0.3, -0.25) is 0 Å². The molecule has 1 aromatic rings. The first-order valence-corrected chi connectivity index (χ1v) is 4.64. The van der Waals surface area contributed by atoms with Gasteiger partial charge in [0.05, 0.1) is 0 Å². The molecule has 2 heterocycles. The largest absolute Gasteiger partial charge is 0.370 e. The average Bonchev–Trinajstić information content (AvgIpc) is 2.18. The van der Waals surface area contributed by atoms with Crippen LogP contribution in [0.5, 0.6) is 0 Å². The van der Waals surface area contributed by atoms with Gasteiger partial charge in [-0.15, -0.1) is 0 Å². The third-order valence-electron chi connectivity index (χ3n) is 2.15. The van der Waals surface area contributed by atoms with E-state index in [1.165, 1.54) is 0 Å². The first-order valence-electron chi connectivity index (χ1n) is 4.64. The average molecular weight is 195 g/mol. The number of hydrogen-bond donors (Lipinski definition) is 2. The normalized spacial score (nSPS) is 22.1. The fraction of sp³-hybridized carbons (Fsp3) is 0.625. The van der Waals surface area contributed by atoms with Crippen molar-refractivity contribution in [1.82, 2.24) is 15.0 Å². The fourth-order valence-electron chi connectivity index (χ4n) is 1.52. The highest BCUT2D eigenvalue weighted by atomic mass is 16.5. The second kappa shape index (κ2) is 3.75. The summed E-state index contributed by atoms with van der Waals surface area (Å²) >= 11 is 0. The Balaban J connectivity index is 2.21. The molecule has 76 valence electrons. The number of rotatable bonds is 1. The monoisotopic (exact) mass is 195 g/mol. The van der Waals surface area contributed by atoms with Crippen LogP contribution in [0.1, 0.15) is 31.2 Å². The molecule has 4 N–H and O–H groups in total. The first kappa shape index (κ1) is 9.14. The van der Waals surface area contributed by atoms with Crippen molar-refractivity contribution in [2.24, 2.45) is 0 Å². The zero-order valence-corrected chi connectivity index (χ0v) is 7.81. The van der Waals surface area contributed by atoms with E-state index < -0.39 is 0 Å². The third kappa shape index (κ3) is 1.90. The van der Waals surface area contributed by atoms with Gasteiger partial charge in [0.2, 0.25) is 11.9 Å². The predicted molar refractivity (Wildman–Crippen MR) is 51.2 cm³/mol. The SMILES string of the molecule is Nc1nc(N)nc(C2CCCCO2)n1. The van der Waals surface area contributed by atoms with Crippen molar-refractivity contribution in [3.63, 3.8) is 0 Å². The number of nitrogen functional groups attached to an aromatic ring is 2. The van der Waals surface area contributed by atoms with Crippen molar-refractivity contribution in [3.05, 3.63) is 5.82 Å². The molecule has 6 nitrogen and oxygen atoms in total. The van der Waals surface area contributed by atoms with Gasteiger partial charge in [-0.2, -0.15) is 15.0 Å². The van der Waals surface area contributed by atoms with E-state index in [9.17, 15) is 0 Å². The Kier molecular flexibility index (Phi) is 2.45. The number of ether oxygens (including phenoxy) is 1. The second-order valence-electron chi connectivity index (χ2n) is 3.27. The highest BCUT2D eigenvalue weighted by Crippen LogP contribution is 2.25. The summed E-state index contributed by atoms with van der Waals surface area (Å²) in [5, 5.41) is 0. The Morgan fingerprint density at radius 1 is 1.07 bits per heavy atom. The zero-order valence-electron chi connectivity index (χ0n) is 7.81. The molecule has 0 radical (unpaired) electrons. The van der Waals surface area contributed by atoms with Gasteiger partial charge in [-0.1, -0.05) is 0 Å². The predicted octanol–water partition coefficient (Wildman–Crippen LogP) is 0.278. The van der Waals surface area contributed by atoms with Crippen molar-refractivity contribution in [2.45, 2.75) is 25.4 Å². The lowest BCUT2D eigenvalue weighted by molar-refractivity contribution is 0.00951. The number of nitrogens with two attached hydrogens (primary N) is 2. The van der Waals surface area contributed by atoms with Crippen LogP contribution >= 0.6 is 0 Å². The van der Waals surface area contributed by atoms with E-state index in [1.807, 2.05) is 0 Å². The molecule has 1 atom stereocenters. The molecule has 6 heteroatoms. The quantitative estimate of drug-likeness (QED) is 0.667. The van der Waals surface area contributed by atoms with E-state index in [0.717, 1.165) is 25.9 Å². The lowest BCUT2D eigenvalue weighted by atomic mass is 10.1. The Morgan fingerprint density at radius 2 is 1.79 bits per heavy atom. The Labute approximate surface area is 81.7 Å². The topological polar surface area (TPSA) is 99.9 Å². The number of nitrogens with zero attached hydrogens (tertiary/aromatic N) is 3. The van der Waals surface area contributed by atoms with Gasteiger partial charge in [0.1, 0.15) is 6.10 Å². The van der Waals surface area contributed by atoms with Crippen LogP contribution < -0.4 is 11.5 Å². The lowest BCUT2D eigenvalue weighted by Crippen LogP contribution is -2.16. The molecule has 1 unspecified atom stereocenters. The second-order valence-corrected chi connectivity index (χ2v) is 3.27. The van der Waals surface area contributed by atoms with Gasteiger partial charge in [0, 0.05) is 6.61 Å². The number of hydrogen-bond acceptors (Lipinski definition) is 6. The van der Waals surface area contributed by atoms with Crippen molar-refractivity contribution in [2.75, 3.05) is 18.1 Å². The lowest BCUT2D eigenvalue weighted by Gasteiger charge is -2.21. The molecule has 1 aromatic heterocycles. The number of aromatic nitrogens is 3. The van der Waals surface area contributed by atoms with Gasteiger partial charge in [0.15, 0.2) is 5.82 Å². The summed E-state index contributed by atoms with van der Waals surface area (Å²) in [6.45, 7) is 0.746. The Bertz CT molecular complexity index is 303. The van der Waals surface area contributed by atoms with E-state index in [4.69, 9.17) is 16.2 Å². The van der Waals surface area contributed by atoms with Crippen LogP contribution in [0.25, 0.3) is 0 Å². The first-order chi connectivity index (χ1) is 6.75. The van der Waals surface area contributed by atoms with E-state index in [2.05, 4.69) is 15.0 Å². The maximum atomic E-state index is 5.51. The van der Waals surface area contributed by atoms with Crippen molar-refractivity contribution in [3.8, 4) is 0 Å². The molecule has 1 fully saturated rings. The summed E-state index contributed by atoms with van der Waals surface area (Å²) in [5.41, 5.74) is 10.9. The minimum atomic E-state index is -0.0728. The standard InChI is InChI=1S/C8H13N5O/c9-7-11-6(12-8(10)13-7)5-3-1-2-4-14-5/h5H,1-4H2,(H4,9,10,11,12,13). The molecule has 0 aliphatic carbocycles. The number of anilines is 2. The van der Waals surface area contributed by atoms with Crippen LogP contribution in [0.3, 0.4) is 0 Å². The van der Waals surface area contributed by atoms with Crippen molar-refractivity contribution >= 4 is 11.9 Å². The Morgan fingerprint density at radius 3 is 2.36 bits per heavy atom. The summed E-state index contributed by atoms with van der Waals surface area (Å²) in [7, 11) is 0. The van der Waals surface area contributed by atoms with Crippen LogP contribution in [0.2, 0.25) is 0 Å². The van der Waals surface area contributed by atoms with Crippen LogP contribution in [-0.4, -0.2) is 21.6 Å². The smallest absolute Gasteiger partial charge is 0.225 e. The summed E-state index contributed by atoms with van der Waals surface area (Å²) < 4.78 is 5.51. The Hall–Kier alpha value is -1.43. The van der Waals surface area contributed by atoms with E-state index >= 15 is 0 Å². The van der Waals surface area contributed by atoms with E-state index in [-0.39, 0.29) is 18.0 Å². The maximum Gasteiger partial charge on any atom is 0.225 e. The van der Waals surface area contributed by atoms with Gasteiger partial charge in [-0.05, 0) is 19.3 Å². The van der Waals surface area contributed by atoms with Gasteiger partial charge in [0.25, 0.3) is 0 Å².